The Morgan fingerprint density at radius 3 is 2.87 bits per heavy atom. The lowest BCUT2D eigenvalue weighted by Crippen LogP contribution is -2.24. The highest BCUT2D eigenvalue weighted by Crippen LogP contribution is 2.31. The van der Waals surface area contributed by atoms with E-state index >= 15 is 0 Å². The van der Waals surface area contributed by atoms with Crippen molar-refractivity contribution >= 4 is 6.08 Å². The van der Waals surface area contributed by atoms with E-state index in [1.54, 1.807) is 6.07 Å². The summed E-state index contributed by atoms with van der Waals surface area (Å²) in [6, 6.07) is 6.15. The van der Waals surface area contributed by atoms with Crippen LogP contribution >= 0.6 is 0 Å². The van der Waals surface area contributed by atoms with E-state index < -0.39 is 0 Å². The van der Waals surface area contributed by atoms with Gasteiger partial charge in [-0.25, -0.2) is 0 Å². The summed E-state index contributed by atoms with van der Waals surface area (Å²) >= 11 is 0. The molecule has 80 valence electrons. The molecule has 15 heavy (non-hydrogen) atoms. The van der Waals surface area contributed by atoms with Crippen LogP contribution in [0.25, 0.3) is 6.08 Å². The molecule has 1 aliphatic rings. The van der Waals surface area contributed by atoms with Crippen LogP contribution in [0.3, 0.4) is 0 Å². The minimum absolute atomic E-state index is 0.417. The van der Waals surface area contributed by atoms with E-state index in [4.69, 9.17) is 0 Å². The first-order valence-electron chi connectivity index (χ1n) is 5.41. The number of benzene rings is 1. The Balaban J connectivity index is 2.37. The van der Waals surface area contributed by atoms with Gasteiger partial charge in [0.25, 0.3) is 0 Å². The first-order chi connectivity index (χ1) is 7.22. The van der Waals surface area contributed by atoms with Crippen molar-refractivity contribution in [1.29, 1.82) is 0 Å². The van der Waals surface area contributed by atoms with Gasteiger partial charge in [0.1, 0.15) is 5.75 Å². The molecular formula is C13H17NO. The van der Waals surface area contributed by atoms with Crippen LogP contribution in [0, 0.1) is 0 Å². The average molecular weight is 203 g/mol. The molecule has 1 unspecified atom stereocenters. The standard InChI is InChI=1S/C13H17NO/c1-9(14-2)10-6-7-12-11(8-10)4-3-5-13(12)15/h3-5,8-9,14-15H,6-7H2,1-2H3. The smallest absolute Gasteiger partial charge is 0.119 e. The van der Waals surface area contributed by atoms with Crippen LogP contribution < -0.4 is 5.32 Å². The van der Waals surface area contributed by atoms with E-state index in [2.05, 4.69) is 24.4 Å². The molecule has 0 saturated carbocycles. The Morgan fingerprint density at radius 1 is 1.33 bits per heavy atom. The van der Waals surface area contributed by atoms with Crippen LogP contribution in [0.1, 0.15) is 24.5 Å². The second-order valence-electron chi connectivity index (χ2n) is 4.07. The Labute approximate surface area is 90.6 Å². The SMILES string of the molecule is CNC(C)C1=Cc2cccc(O)c2CC1. The fourth-order valence-corrected chi connectivity index (χ4v) is 2.07. The number of fused-ring (bicyclic) bond motifs is 1. The number of phenolic OH excluding ortho intramolecular Hbond substituents is 1. The average Bonchev–Trinajstić information content (AvgIpc) is 2.28. The summed E-state index contributed by atoms with van der Waals surface area (Å²) in [7, 11) is 1.98. The molecule has 0 amide bonds. The Morgan fingerprint density at radius 2 is 2.13 bits per heavy atom. The fourth-order valence-electron chi connectivity index (χ4n) is 2.07. The number of nitrogens with one attached hydrogen (secondary N) is 1. The lowest BCUT2D eigenvalue weighted by molar-refractivity contribution is 0.466. The predicted octanol–water partition coefficient (Wildman–Crippen LogP) is 2.33. The van der Waals surface area contributed by atoms with E-state index in [0.717, 1.165) is 18.4 Å². The summed E-state index contributed by atoms with van der Waals surface area (Å²) in [5, 5.41) is 12.9. The molecule has 1 aliphatic carbocycles. The maximum Gasteiger partial charge on any atom is 0.119 e. The number of rotatable bonds is 2. The molecule has 1 aromatic carbocycles. The molecule has 2 heteroatoms. The number of hydrogen-bond donors (Lipinski definition) is 2. The normalized spacial score (nSPS) is 16.8. The second-order valence-corrected chi connectivity index (χ2v) is 4.07. The van der Waals surface area contributed by atoms with Gasteiger partial charge in [0.2, 0.25) is 0 Å². The van der Waals surface area contributed by atoms with Crippen molar-refractivity contribution in [3.8, 4) is 5.75 Å². The summed E-state index contributed by atoms with van der Waals surface area (Å²) < 4.78 is 0. The van der Waals surface area contributed by atoms with Crippen LogP contribution in [0.5, 0.6) is 5.75 Å². The van der Waals surface area contributed by atoms with E-state index in [1.807, 2.05) is 13.1 Å². The summed E-state index contributed by atoms with van der Waals surface area (Å²) in [6.07, 6.45) is 4.17. The van der Waals surface area contributed by atoms with Crippen molar-refractivity contribution in [2.75, 3.05) is 7.05 Å². The first-order valence-corrected chi connectivity index (χ1v) is 5.41. The van der Waals surface area contributed by atoms with Crippen molar-refractivity contribution in [3.05, 3.63) is 34.9 Å². The molecule has 2 rings (SSSR count). The van der Waals surface area contributed by atoms with Crippen LogP contribution in [0.2, 0.25) is 0 Å². The van der Waals surface area contributed by atoms with Crippen molar-refractivity contribution in [1.82, 2.24) is 5.32 Å². The molecule has 2 N–H and O–H groups in total. The van der Waals surface area contributed by atoms with E-state index in [0.29, 0.717) is 11.8 Å². The van der Waals surface area contributed by atoms with E-state index in [9.17, 15) is 5.11 Å². The monoisotopic (exact) mass is 203 g/mol. The number of hydrogen-bond acceptors (Lipinski definition) is 2. The maximum absolute atomic E-state index is 9.69. The maximum atomic E-state index is 9.69. The third kappa shape index (κ3) is 1.90. The van der Waals surface area contributed by atoms with Crippen molar-refractivity contribution in [3.63, 3.8) is 0 Å². The fraction of sp³-hybridized carbons (Fsp3) is 0.385. The second kappa shape index (κ2) is 4.07. The van der Waals surface area contributed by atoms with Gasteiger partial charge in [-0.05, 0) is 38.4 Å². The van der Waals surface area contributed by atoms with Gasteiger partial charge in [0.15, 0.2) is 0 Å². The van der Waals surface area contributed by atoms with Crippen LogP contribution in [0.4, 0.5) is 0 Å². The zero-order chi connectivity index (χ0) is 10.8. The Hall–Kier alpha value is -1.28. The van der Waals surface area contributed by atoms with Gasteiger partial charge in [-0.15, -0.1) is 0 Å². The third-order valence-corrected chi connectivity index (χ3v) is 3.18. The molecule has 1 aromatic rings. The molecule has 1 atom stereocenters. The minimum Gasteiger partial charge on any atom is -0.508 e. The zero-order valence-electron chi connectivity index (χ0n) is 9.25. The molecule has 0 fully saturated rings. The molecule has 0 heterocycles. The van der Waals surface area contributed by atoms with Gasteiger partial charge in [-0.1, -0.05) is 23.8 Å². The van der Waals surface area contributed by atoms with E-state index in [1.165, 1.54) is 11.1 Å². The molecule has 0 aliphatic heterocycles. The summed E-state index contributed by atoms with van der Waals surface area (Å²) in [5.74, 6) is 0.430. The van der Waals surface area contributed by atoms with Crippen LogP contribution in [-0.4, -0.2) is 18.2 Å². The lowest BCUT2D eigenvalue weighted by Gasteiger charge is -2.21. The van der Waals surface area contributed by atoms with Crippen LogP contribution in [0.15, 0.2) is 23.8 Å². The molecule has 0 spiro atoms. The molecule has 0 saturated heterocycles. The number of phenols is 1. The van der Waals surface area contributed by atoms with Gasteiger partial charge in [0, 0.05) is 11.6 Å². The summed E-state index contributed by atoms with van der Waals surface area (Å²) in [5.41, 5.74) is 3.67. The third-order valence-electron chi connectivity index (χ3n) is 3.18. The van der Waals surface area contributed by atoms with Crippen molar-refractivity contribution < 1.29 is 5.11 Å². The highest BCUT2D eigenvalue weighted by atomic mass is 16.3. The van der Waals surface area contributed by atoms with Gasteiger partial charge < -0.3 is 10.4 Å². The largest absolute Gasteiger partial charge is 0.508 e. The minimum atomic E-state index is 0.417. The topological polar surface area (TPSA) is 32.3 Å². The van der Waals surface area contributed by atoms with Crippen LogP contribution in [-0.2, 0) is 6.42 Å². The van der Waals surface area contributed by atoms with Gasteiger partial charge in [0.05, 0.1) is 0 Å². The van der Waals surface area contributed by atoms with E-state index in [-0.39, 0.29) is 0 Å². The van der Waals surface area contributed by atoms with Gasteiger partial charge in [-0.3, -0.25) is 0 Å². The highest BCUT2D eigenvalue weighted by Gasteiger charge is 2.16. The number of likely N-dealkylation sites (N-methyl/N-ethyl adjacent to an activating group) is 1. The molecule has 0 radical (unpaired) electrons. The zero-order valence-corrected chi connectivity index (χ0v) is 9.25. The Kier molecular flexibility index (Phi) is 2.78. The quantitative estimate of drug-likeness (QED) is 0.773. The highest BCUT2D eigenvalue weighted by molar-refractivity contribution is 5.63. The summed E-state index contributed by atoms with van der Waals surface area (Å²) in [6.45, 7) is 2.17. The summed E-state index contributed by atoms with van der Waals surface area (Å²) in [4.78, 5) is 0. The molecule has 0 bridgehead atoms. The Bertz CT molecular complexity index is 396. The number of aromatic hydroxyl groups is 1. The van der Waals surface area contributed by atoms with Gasteiger partial charge in [-0.2, -0.15) is 0 Å². The van der Waals surface area contributed by atoms with Gasteiger partial charge >= 0.3 is 0 Å². The molecule has 2 nitrogen and oxygen atoms in total. The molecular weight excluding hydrogens is 186 g/mol. The predicted molar refractivity (Wildman–Crippen MR) is 62.9 cm³/mol. The van der Waals surface area contributed by atoms with Crippen molar-refractivity contribution in [2.24, 2.45) is 0 Å². The first kappa shape index (κ1) is 10.2. The van der Waals surface area contributed by atoms with Crippen molar-refractivity contribution in [2.45, 2.75) is 25.8 Å². The molecule has 0 aromatic heterocycles. The lowest BCUT2D eigenvalue weighted by atomic mass is 9.89.